The average Bonchev–Trinajstić information content (AvgIpc) is 2.90. The highest BCUT2D eigenvalue weighted by atomic mass is 79.9. The summed E-state index contributed by atoms with van der Waals surface area (Å²) in [5.41, 5.74) is 2.74. The van der Waals surface area contributed by atoms with Crippen LogP contribution in [0.5, 0.6) is 0 Å². The lowest BCUT2D eigenvalue weighted by Crippen LogP contribution is -2.24. The smallest absolute Gasteiger partial charge is 0.0521 e. The van der Waals surface area contributed by atoms with Crippen LogP contribution < -0.4 is 5.32 Å². The summed E-state index contributed by atoms with van der Waals surface area (Å²) in [4.78, 5) is 0. The normalized spacial score (nSPS) is 12.5. The van der Waals surface area contributed by atoms with Gasteiger partial charge in [-0.15, -0.1) is 0 Å². The van der Waals surface area contributed by atoms with Crippen LogP contribution in [-0.4, -0.2) is 22.9 Å². The molecule has 2 rings (SSSR count). The van der Waals surface area contributed by atoms with Gasteiger partial charge in [-0.3, -0.25) is 4.68 Å². The van der Waals surface area contributed by atoms with Crippen LogP contribution in [0.4, 0.5) is 0 Å². The number of halogens is 1. The zero-order valence-corrected chi connectivity index (χ0v) is 14.4. The van der Waals surface area contributed by atoms with Crippen LogP contribution in [0.15, 0.2) is 41.1 Å². The van der Waals surface area contributed by atoms with Crippen molar-refractivity contribution in [3.63, 3.8) is 0 Å². The lowest BCUT2D eigenvalue weighted by atomic mass is 9.93. The predicted molar refractivity (Wildman–Crippen MR) is 91.4 cm³/mol. The van der Waals surface area contributed by atoms with Crippen molar-refractivity contribution in [2.24, 2.45) is 13.0 Å². The van der Waals surface area contributed by atoms with Gasteiger partial charge in [-0.05, 0) is 61.5 Å². The van der Waals surface area contributed by atoms with Crippen molar-refractivity contribution < 1.29 is 0 Å². The molecule has 0 aliphatic heterocycles. The maximum atomic E-state index is 4.25. The molecule has 4 heteroatoms. The van der Waals surface area contributed by atoms with Crippen LogP contribution in [0.2, 0.25) is 0 Å². The standard InChI is InChI=1S/C17H24BrN3/c1-3-19-11-15(4-5-16-12-20-21(2)13-16)10-14-6-8-17(18)9-7-14/h6-9,12-13,15,19H,3-5,10-11H2,1-2H3. The first-order chi connectivity index (χ1) is 10.2. The van der Waals surface area contributed by atoms with Gasteiger partial charge in [0, 0.05) is 17.7 Å². The van der Waals surface area contributed by atoms with E-state index in [9.17, 15) is 0 Å². The minimum Gasteiger partial charge on any atom is -0.317 e. The Labute approximate surface area is 135 Å². The minimum absolute atomic E-state index is 0.659. The van der Waals surface area contributed by atoms with Gasteiger partial charge in [0.05, 0.1) is 6.20 Å². The zero-order valence-electron chi connectivity index (χ0n) is 12.8. The highest BCUT2D eigenvalue weighted by Crippen LogP contribution is 2.17. The Morgan fingerprint density at radius 2 is 2.00 bits per heavy atom. The highest BCUT2D eigenvalue weighted by molar-refractivity contribution is 9.10. The molecule has 0 bridgehead atoms. The molecule has 0 saturated heterocycles. The third kappa shape index (κ3) is 5.64. The second kappa shape index (κ2) is 8.35. The molecule has 0 fully saturated rings. The van der Waals surface area contributed by atoms with Crippen molar-refractivity contribution in [3.05, 3.63) is 52.3 Å². The molecule has 1 N–H and O–H groups in total. The fourth-order valence-electron chi connectivity index (χ4n) is 2.55. The van der Waals surface area contributed by atoms with Gasteiger partial charge in [0.1, 0.15) is 0 Å². The third-order valence-electron chi connectivity index (χ3n) is 3.72. The van der Waals surface area contributed by atoms with E-state index in [0.29, 0.717) is 5.92 Å². The van der Waals surface area contributed by atoms with Crippen LogP contribution in [0.25, 0.3) is 0 Å². The Morgan fingerprint density at radius 3 is 2.62 bits per heavy atom. The fraction of sp³-hybridized carbons (Fsp3) is 0.471. The molecule has 0 radical (unpaired) electrons. The molecule has 3 nitrogen and oxygen atoms in total. The molecule has 1 aromatic carbocycles. The van der Waals surface area contributed by atoms with Gasteiger partial charge in [-0.1, -0.05) is 35.0 Å². The van der Waals surface area contributed by atoms with Gasteiger partial charge in [0.15, 0.2) is 0 Å². The number of benzene rings is 1. The summed E-state index contributed by atoms with van der Waals surface area (Å²) < 4.78 is 3.02. The monoisotopic (exact) mass is 349 g/mol. The van der Waals surface area contributed by atoms with Crippen molar-refractivity contribution in [3.8, 4) is 0 Å². The molecular weight excluding hydrogens is 326 g/mol. The van der Waals surface area contributed by atoms with E-state index in [0.717, 1.165) is 30.4 Å². The molecule has 114 valence electrons. The van der Waals surface area contributed by atoms with E-state index < -0.39 is 0 Å². The fourth-order valence-corrected chi connectivity index (χ4v) is 2.81. The first-order valence-electron chi connectivity index (χ1n) is 7.60. The zero-order chi connectivity index (χ0) is 15.1. The van der Waals surface area contributed by atoms with E-state index in [2.05, 4.69) is 63.7 Å². The third-order valence-corrected chi connectivity index (χ3v) is 4.25. The Balaban J connectivity index is 1.91. The molecule has 1 aromatic heterocycles. The summed E-state index contributed by atoms with van der Waals surface area (Å²) in [6.07, 6.45) is 7.50. The molecule has 1 unspecified atom stereocenters. The summed E-state index contributed by atoms with van der Waals surface area (Å²) in [6, 6.07) is 8.68. The molecule has 0 amide bonds. The summed E-state index contributed by atoms with van der Waals surface area (Å²) in [5, 5.41) is 7.74. The maximum absolute atomic E-state index is 4.25. The first kappa shape index (κ1) is 16.2. The maximum Gasteiger partial charge on any atom is 0.0521 e. The number of hydrogen-bond donors (Lipinski definition) is 1. The SMILES string of the molecule is CCNCC(CCc1cnn(C)c1)Cc1ccc(Br)cc1. The second-order valence-corrected chi connectivity index (χ2v) is 6.48. The van der Waals surface area contributed by atoms with E-state index in [-0.39, 0.29) is 0 Å². The van der Waals surface area contributed by atoms with Gasteiger partial charge in [0.25, 0.3) is 0 Å². The number of nitrogens with one attached hydrogen (secondary N) is 1. The number of hydrogen-bond acceptors (Lipinski definition) is 2. The molecule has 0 spiro atoms. The number of aromatic nitrogens is 2. The van der Waals surface area contributed by atoms with Crippen LogP contribution in [0.3, 0.4) is 0 Å². The Hall–Kier alpha value is -1.13. The quantitative estimate of drug-likeness (QED) is 0.789. The van der Waals surface area contributed by atoms with E-state index >= 15 is 0 Å². The molecule has 2 aromatic rings. The molecular formula is C17H24BrN3. The lowest BCUT2D eigenvalue weighted by molar-refractivity contribution is 0.449. The molecule has 21 heavy (non-hydrogen) atoms. The van der Waals surface area contributed by atoms with E-state index in [1.165, 1.54) is 17.5 Å². The number of nitrogens with zero attached hydrogens (tertiary/aromatic N) is 2. The lowest BCUT2D eigenvalue weighted by Gasteiger charge is -2.17. The van der Waals surface area contributed by atoms with Gasteiger partial charge < -0.3 is 5.32 Å². The van der Waals surface area contributed by atoms with Crippen LogP contribution in [-0.2, 0) is 19.9 Å². The summed E-state index contributed by atoms with van der Waals surface area (Å²) in [6.45, 7) is 4.27. The second-order valence-electron chi connectivity index (χ2n) is 5.57. The Morgan fingerprint density at radius 1 is 1.24 bits per heavy atom. The van der Waals surface area contributed by atoms with Gasteiger partial charge in [0.2, 0.25) is 0 Å². The number of rotatable bonds is 8. The van der Waals surface area contributed by atoms with E-state index in [4.69, 9.17) is 0 Å². The van der Waals surface area contributed by atoms with Crippen molar-refractivity contribution in [1.82, 2.24) is 15.1 Å². The largest absolute Gasteiger partial charge is 0.317 e. The number of aryl methyl sites for hydroxylation is 2. The molecule has 0 aliphatic carbocycles. The Kier molecular flexibility index (Phi) is 6.46. The van der Waals surface area contributed by atoms with Crippen LogP contribution >= 0.6 is 15.9 Å². The van der Waals surface area contributed by atoms with Gasteiger partial charge >= 0.3 is 0 Å². The Bertz CT molecular complexity index is 533. The van der Waals surface area contributed by atoms with Crippen molar-refractivity contribution in [1.29, 1.82) is 0 Å². The minimum atomic E-state index is 0.659. The van der Waals surface area contributed by atoms with Crippen molar-refractivity contribution in [2.45, 2.75) is 26.2 Å². The first-order valence-corrected chi connectivity index (χ1v) is 8.39. The van der Waals surface area contributed by atoms with Crippen molar-refractivity contribution in [2.75, 3.05) is 13.1 Å². The summed E-state index contributed by atoms with van der Waals surface area (Å²) in [7, 11) is 1.97. The van der Waals surface area contributed by atoms with Gasteiger partial charge in [-0.25, -0.2) is 0 Å². The molecule has 0 saturated carbocycles. The van der Waals surface area contributed by atoms with Gasteiger partial charge in [-0.2, -0.15) is 5.10 Å². The van der Waals surface area contributed by atoms with Crippen LogP contribution in [0.1, 0.15) is 24.5 Å². The molecule has 1 heterocycles. The predicted octanol–water partition coefficient (Wildman–Crippen LogP) is 3.58. The van der Waals surface area contributed by atoms with Crippen LogP contribution in [0, 0.1) is 5.92 Å². The topological polar surface area (TPSA) is 29.9 Å². The molecule has 0 aliphatic rings. The summed E-state index contributed by atoms with van der Waals surface area (Å²) >= 11 is 3.50. The highest BCUT2D eigenvalue weighted by Gasteiger charge is 2.10. The van der Waals surface area contributed by atoms with E-state index in [1.807, 2.05) is 17.9 Å². The summed E-state index contributed by atoms with van der Waals surface area (Å²) in [5.74, 6) is 0.659. The average molecular weight is 350 g/mol. The molecule has 1 atom stereocenters. The van der Waals surface area contributed by atoms with Crippen molar-refractivity contribution >= 4 is 15.9 Å². The van der Waals surface area contributed by atoms with E-state index in [1.54, 1.807) is 0 Å².